The van der Waals surface area contributed by atoms with Crippen molar-refractivity contribution in [2.45, 2.75) is 26.0 Å². The third kappa shape index (κ3) is 5.08. The number of amides is 1. The molecule has 1 atom stereocenters. The maximum absolute atomic E-state index is 12.6. The average molecular weight is 388 g/mol. The highest BCUT2D eigenvalue weighted by molar-refractivity contribution is 7.89. The van der Waals surface area contributed by atoms with Crippen LogP contribution in [0, 0.1) is 0 Å². The zero-order chi connectivity index (χ0) is 19.3. The summed E-state index contributed by atoms with van der Waals surface area (Å²) in [6.07, 6.45) is 0.0148. The minimum absolute atomic E-state index is 0.0573. The minimum Gasteiger partial charge on any atom is -0.481 e. The van der Waals surface area contributed by atoms with E-state index in [1.165, 1.54) is 9.87 Å². The molecule has 0 saturated heterocycles. The first-order chi connectivity index (χ1) is 13.0. The number of ether oxygens (including phenoxy) is 1. The Morgan fingerprint density at radius 3 is 2.52 bits per heavy atom. The predicted octanol–water partition coefficient (Wildman–Crippen LogP) is 1.96. The molecule has 7 heteroatoms. The van der Waals surface area contributed by atoms with E-state index in [-0.39, 0.29) is 18.2 Å². The average Bonchev–Trinajstić information content (AvgIpc) is 2.68. The van der Waals surface area contributed by atoms with E-state index >= 15 is 0 Å². The van der Waals surface area contributed by atoms with Gasteiger partial charge in [-0.15, -0.1) is 0 Å². The molecule has 0 spiro atoms. The highest BCUT2D eigenvalue weighted by Crippen LogP contribution is 2.20. The van der Waals surface area contributed by atoms with Crippen molar-refractivity contribution in [3.63, 3.8) is 0 Å². The number of para-hydroxylation sites is 1. The highest BCUT2D eigenvalue weighted by Gasteiger charge is 2.26. The maximum atomic E-state index is 12.6. The molecule has 0 aliphatic carbocycles. The lowest BCUT2D eigenvalue weighted by Gasteiger charge is -2.28. The molecule has 1 heterocycles. The van der Waals surface area contributed by atoms with Gasteiger partial charge in [0.1, 0.15) is 5.75 Å². The Kier molecular flexibility index (Phi) is 6.13. The van der Waals surface area contributed by atoms with Crippen LogP contribution < -0.4 is 10.1 Å². The number of nitrogens with zero attached hydrogens (tertiary/aromatic N) is 1. The van der Waals surface area contributed by atoms with E-state index in [0.717, 1.165) is 5.56 Å². The fraction of sp³-hybridized carbons (Fsp3) is 0.350. The summed E-state index contributed by atoms with van der Waals surface area (Å²) in [5, 5.41) is 2.65. The number of nitrogens with one attached hydrogen (secondary N) is 1. The topological polar surface area (TPSA) is 75.7 Å². The van der Waals surface area contributed by atoms with E-state index in [0.29, 0.717) is 25.3 Å². The number of carbonyl (C=O) groups is 1. The van der Waals surface area contributed by atoms with Gasteiger partial charge in [0.05, 0.1) is 5.75 Å². The van der Waals surface area contributed by atoms with E-state index in [4.69, 9.17) is 4.74 Å². The number of carbonyl (C=O) groups excluding carboxylic acids is 1. The van der Waals surface area contributed by atoms with Gasteiger partial charge in [0, 0.05) is 19.6 Å². The summed E-state index contributed by atoms with van der Waals surface area (Å²) >= 11 is 0. The second-order valence-electron chi connectivity index (χ2n) is 6.53. The SMILES string of the molecule is C[C@H](Oc1ccccc1)C(=O)NCCS(=O)(=O)N1CCc2ccccc2C1. The maximum Gasteiger partial charge on any atom is 0.260 e. The van der Waals surface area contributed by atoms with Crippen LogP contribution in [0.2, 0.25) is 0 Å². The Morgan fingerprint density at radius 1 is 1.11 bits per heavy atom. The van der Waals surface area contributed by atoms with Gasteiger partial charge >= 0.3 is 0 Å². The van der Waals surface area contributed by atoms with Crippen LogP contribution in [0.5, 0.6) is 5.75 Å². The Hall–Kier alpha value is -2.38. The van der Waals surface area contributed by atoms with Crippen molar-refractivity contribution >= 4 is 15.9 Å². The second-order valence-corrected chi connectivity index (χ2v) is 8.62. The summed E-state index contributed by atoms with van der Waals surface area (Å²) in [4.78, 5) is 12.1. The number of benzene rings is 2. The standard InChI is InChI=1S/C20H24N2O4S/c1-16(26-19-9-3-2-4-10-19)20(23)21-12-14-27(24,25)22-13-11-17-7-5-6-8-18(17)15-22/h2-10,16H,11-15H2,1H3,(H,21,23)/t16-/m0/s1. The Morgan fingerprint density at radius 2 is 1.78 bits per heavy atom. The van der Waals surface area contributed by atoms with Gasteiger partial charge in [-0.05, 0) is 36.6 Å². The Bertz CT molecular complexity index is 884. The van der Waals surface area contributed by atoms with Gasteiger partial charge in [-0.1, -0.05) is 42.5 Å². The molecule has 2 aromatic carbocycles. The summed E-state index contributed by atoms with van der Waals surface area (Å²) in [6.45, 7) is 2.56. The molecule has 3 rings (SSSR count). The van der Waals surface area contributed by atoms with E-state index in [1.54, 1.807) is 19.1 Å². The lowest BCUT2D eigenvalue weighted by Crippen LogP contribution is -2.42. The molecule has 0 radical (unpaired) electrons. The van der Waals surface area contributed by atoms with Crippen LogP contribution >= 0.6 is 0 Å². The van der Waals surface area contributed by atoms with Gasteiger partial charge in [-0.3, -0.25) is 4.79 Å². The molecule has 1 aliphatic rings. The van der Waals surface area contributed by atoms with Gasteiger partial charge in [0.15, 0.2) is 6.10 Å². The van der Waals surface area contributed by atoms with Gasteiger partial charge in [-0.25, -0.2) is 8.42 Å². The molecule has 2 aromatic rings. The van der Waals surface area contributed by atoms with Gasteiger partial charge in [-0.2, -0.15) is 4.31 Å². The van der Waals surface area contributed by atoms with Crippen molar-refractivity contribution in [1.82, 2.24) is 9.62 Å². The first kappa shape index (κ1) is 19.4. The summed E-state index contributed by atoms with van der Waals surface area (Å²) in [7, 11) is -3.43. The minimum atomic E-state index is -3.43. The quantitative estimate of drug-likeness (QED) is 0.787. The predicted molar refractivity (Wildman–Crippen MR) is 104 cm³/mol. The monoisotopic (exact) mass is 388 g/mol. The van der Waals surface area contributed by atoms with Crippen LogP contribution in [0.15, 0.2) is 54.6 Å². The smallest absolute Gasteiger partial charge is 0.260 e. The van der Waals surface area contributed by atoms with Crippen LogP contribution in [-0.2, 0) is 27.8 Å². The lowest BCUT2D eigenvalue weighted by atomic mass is 10.0. The number of hydrogen-bond acceptors (Lipinski definition) is 4. The zero-order valence-electron chi connectivity index (χ0n) is 15.3. The molecule has 0 unspecified atom stereocenters. The van der Waals surface area contributed by atoms with Crippen molar-refractivity contribution in [1.29, 1.82) is 0 Å². The van der Waals surface area contributed by atoms with E-state index in [9.17, 15) is 13.2 Å². The van der Waals surface area contributed by atoms with E-state index in [2.05, 4.69) is 5.32 Å². The number of rotatable bonds is 7. The zero-order valence-corrected chi connectivity index (χ0v) is 16.1. The number of sulfonamides is 1. The first-order valence-corrected chi connectivity index (χ1v) is 10.6. The fourth-order valence-electron chi connectivity index (χ4n) is 3.04. The molecule has 0 fully saturated rings. The van der Waals surface area contributed by atoms with Crippen LogP contribution in [0.4, 0.5) is 0 Å². The highest BCUT2D eigenvalue weighted by atomic mass is 32.2. The molecule has 6 nitrogen and oxygen atoms in total. The summed E-state index contributed by atoms with van der Waals surface area (Å²) in [6, 6.07) is 16.9. The third-order valence-corrected chi connectivity index (χ3v) is 6.39. The van der Waals surface area contributed by atoms with Crippen LogP contribution in [0.3, 0.4) is 0 Å². The van der Waals surface area contributed by atoms with Gasteiger partial charge in [0.2, 0.25) is 10.0 Å². The van der Waals surface area contributed by atoms with Crippen molar-refractivity contribution in [2.24, 2.45) is 0 Å². The normalized spacial score (nSPS) is 15.6. The molecular formula is C20H24N2O4S. The molecule has 0 aromatic heterocycles. The van der Waals surface area contributed by atoms with Crippen molar-refractivity contribution in [3.05, 3.63) is 65.7 Å². The summed E-state index contributed by atoms with van der Waals surface area (Å²) < 4.78 is 32.2. The molecule has 1 N–H and O–H groups in total. The Balaban J connectivity index is 1.48. The van der Waals surface area contributed by atoms with Crippen LogP contribution in [0.1, 0.15) is 18.1 Å². The second kappa shape index (κ2) is 8.54. The van der Waals surface area contributed by atoms with Crippen molar-refractivity contribution in [2.75, 3.05) is 18.8 Å². The van der Waals surface area contributed by atoms with Crippen molar-refractivity contribution in [3.8, 4) is 5.75 Å². The molecule has 0 saturated carbocycles. The molecular weight excluding hydrogens is 364 g/mol. The van der Waals surface area contributed by atoms with Crippen LogP contribution in [-0.4, -0.2) is 43.6 Å². The van der Waals surface area contributed by atoms with Gasteiger partial charge in [0.25, 0.3) is 5.91 Å². The van der Waals surface area contributed by atoms with E-state index < -0.39 is 16.1 Å². The Labute approximate surface area is 160 Å². The van der Waals surface area contributed by atoms with Crippen molar-refractivity contribution < 1.29 is 17.9 Å². The molecule has 27 heavy (non-hydrogen) atoms. The lowest BCUT2D eigenvalue weighted by molar-refractivity contribution is -0.127. The largest absolute Gasteiger partial charge is 0.481 e. The summed E-state index contributed by atoms with van der Waals surface area (Å²) in [5.41, 5.74) is 2.24. The number of hydrogen-bond donors (Lipinski definition) is 1. The fourth-order valence-corrected chi connectivity index (χ4v) is 4.36. The summed E-state index contributed by atoms with van der Waals surface area (Å²) in [5.74, 6) is 0.136. The molecule has 144 valence electrons. The number of fused-ring (bicyclic) bond motifs is 1. The van der Waals surface area contributed by atoms with E-state index in [1.807, 2.05) is 42.5 Å². The molecule has 0 bridgehead atoms. The van der Waals surface area contributed by atoms with Crippen LogP contribution in [0.25, 0.3) is 0 Å². The third-order valence-electron chi connectivity index (χ3n) is 4.57. The molecule has 1 amide bonds. The van der Waals surface area contributed by atoms with Gasteiger partial charge < -0.3 is 10.1 Å². The molecule has 1 aliphatic heterocycles. The first-order valence-electron chi connectivity index (χ1n) is 9.00.